The van der Waals surface area contributed by atoms with Gasteiger partial charge in [-0.2, -0.15) is 0 Å². The van der Waals surface area contributed by atoms with Gasteiger partial charge in [0.05, 0.1) is 0 Å². The minimum atomic E-state index is -2.21. The molecule has 0 heterocycles. The van der Waals surface area contributed by atoms with E-state index in [0.717, 1.165) is 0 Å². The summed E-state index contributed by atoms with van der Waals surface area (Å²) >= 11 is 0.295. The Bertz CT molecular complexity index is 386. The van der Waals surface area contributed by atoms with Crippen LogP contribution < -0.4 is 0 Å². The van der Waals surface area contributed by atoms with Crippen LogP contribution in [0, 0.1) is 0 Å². The SMILES string of the molecule is CCCCCCCCCCS[CH2][Sn]([CH]1CCCCC1)([CH]1CCCCC1)[CH]1CCCCC1. The summed E-state index contributed by atoms with van der Waals surface area (Å²) in [5.41, 5.74) is 0. The second-order valence-corrected chi connectivity index (χ2v) is 28.6. The zero-order valence-electron chi connectivity index (χ0n) is 21.3. The molecular formula is C29H56SSn. The zero-order chi connectivity index (χ0) is 21.6. The number of hydrogen-bond acceptors (Lipinski definition) is 1. The third kappa shape index (κ3) is 8.39. The van der Waals surface area contributed by atoms with Crippen molar-refractivity contribution in [2.45, 2.75) is 166 Å². The molecule has 0 aromatic heterocycles. The van der Waals surface area contributed by atoms with Crippen LogP contribution in [0.1, 0.15) is 155 Å². The van der Waals surface area contributed by atoms with E-state index in [0.29, 0.717) is 0 Å². The molecule has 0 amide bonds. The molecule has 0 saturated heterocycles. The van der Waals surface area contributed by atoms with Gasteiger partial charge in [-0.1, -0.05) is 0 Å². The van der Waals surface area contributed by atoms with Crippen molar-refractivity contribution in [2.75, 3.05) is 9.52 Å². The van der Waals surface area contributed by atoms with E-state index < -0.39 is 18.4 Å². The van der Waals surface area contributed by atoms with Crippen LogP contribution in [0.2, 0.25) is 11.8 Å². The second kappa shape index (κ2) is 15.9. The van der Waals surface area contributed by atoms with Gasteiger partial charge in [0.25, 0.3) is 0 Å². The van der Waals surface area contributed by atoms with Crippen LogP contribution in [-0.2, 0) is 0 Å². The Kier molecular flexibility index (Phi) is 13.8. The molecule has 182 valence electrons. The van der Waals surface area contributed by atoms with Gasteiger partial charge in [-0.05, 0) is 0 Å². The Balaban J connectivity index is 1.55. The van der Waals surface area contributed by atoms with Gasteiger partial charge >= 0.3 is 206 Å². The van der Waals surface area contributed by atoms with E-state index in [2.05, 4.69) is 18.7 Å². The second-order valence-electron chi connectivity index (χ2n) is 11.6. The first-order valence-electron chi connectivity index (χ1n) is 15.0. The summed E-state index contributed by atoms with van der Waals surface area (Å²) in [5.74, 6) is 1.50. The number of rotatable bonds is 14. The molecule has 2 heteroatoms. The van der Waals surface area contributed by atoms with Crippen molar-refractivity contribution in [3.05, 3.63) is 0 Å². The van der Waals surface area contributed by atoms with Gasteiger partial charge in [0.1, 0.15) is 0 Å². The van der Waals surface area contributed by atoms with Gasteiger partial charge in [-0.3, -0.25) is 0 Å². The van der Waals surface area contributed by atoms with Crippen LogP contribution in [0.15, 0.2) is 0 Å². The Labute approximate surface area is 205 Å². The van der Waals surface area contributed by atoms with E-state index in [1.807, 2.05) is 0 Å². The Morgan fingerprint density at radius 2 is 0.903 bits per heavy atom. The average molecular weight is 556 g/mol. The first-order valence-corrected chi connectivity index (χ1v) is 23.1. The Hall–Kier alpha value is 1.15. The zero-order valence-corrected chi connectivity index (χ0v) is 25.0. The molecule has 0 aliphatic heterocycles. The molecule has 3 aliphatic carbocycles. The quantitative estimate of drug-likeness (QED) is 0.152. The molecule has 3 rings (SSSR count). The fraction of sp³-hybridized carbons (Fsp3) is 1.00. The van der Waals surface area contributed by atoms with Gasteiger partial charge in [-0.15, -0.1) is 0 Å². The first kappa shape index (κ1) is 26.7. The molecular weight excluding hydrogens is 499 g/mol. The van der Waals surface area contributed by atoms with Crippen molar-refractivity contribution in [2.24, 2.45) is 0 Å². The number of unbranched alkanes of at least 4 members (excludes halogenated alkanes) is 7. The van der Waals surface area contributed by atoms with Gasteiger partial charge in [-0.25, -0.2) is 0 Å². The number of hydrogen-bond donors (Lipinski definition) is 0. The van der Waals surface area contributed by atoms with Crippen LogP contribution >= 0.6 is 11.8 Å². The van der Waals surface area contributed by atoms with Crippen molar-refractivity contribution < 1.29 is 0 Å². The number of thioether (sulfide) groups is 1. The van der Waals surface area contributed by atoms with Crippen molar-refractivity contribution in [1.29, 1.82) is 0 Å². The normalized spacial score (nSPS) is 22.7. The van der Waals surface area contributed by atoms with Crippen LogP contribution in [0.5, 0.6) is 0 Å². The van der Waals surface area contributed by atoms with E-state index >= 15 is 0 Å². The molecule has 3 saturated carbocycles. The summed E-state index contributed by atoms with van der Waals surface area (Å²) in [6.07, 6.45) is 36.0. The first-order chi connectivity index (χ1) is 15.4. The van der Waals surface area contributed by atoms with Crippen molar-refractivity contribution in [1.82, 2.24) is 0 Å². The average Bonchev–Trinajstić information content (AvgIpc) is 2.84. The molecule has 3 aliphatic rings. The fourth-order valence-corrected chi connectivity index (χ4v) is 38.2. The van der Waals surface area contributed by atoms with E-state index in [-0.39, 0.29) is 0 Å². The summed E-state index contributed by atoms with van der Waals surface area (Å²) in [5, 5.41) is 0. The van der Waals surface area contributed by atoms with E-state index in [1.54, 1.807) is 100 Å². The predicted octanol–water partition coefficient (Wildman–Crippen LogP) is 10.9. The molecule has 3 fully saturated rings. The summed E-state index contributed by atoms with van der Waals surface area (Å²) in [4.78, 5) is 0. The molecule has 0 radical (unpaired) electrons. The summed E-state index contributed by atoms with van der Waals surface area (Å²) in [6.45, 7) is 2.33. The molecule has 0 N–H and O–H groups in total. The third-order valence-electron chi connectivity index (χ3n) is 9.59. The topological polar surface area (TPSA) is 0 Å². The Morgan fingerprint density at radius 3 is 1.32 bits per heavy atom. The van der Waals surface area contributed by atoms with Crippen LogP contribution in [0.3, 0.4) is 0 Å². The molecule has 0 spiro atoms. The molecule has 0 aromatic carbocycles. The van der Waals surface area contributed by atoms with E-state index in [1.165, 1.54) is 68.9 Å². The molecule has 0 nitrogen and oxygen atoms in total. The van der Waals surface area contributed by atoms with Gasteiger partial charge < -0.3 is 0 Å². The maximum atomic E-state index is 2.51. The fourth-order valence-electron chi connectivity index (χ4n) is 7.86. The predicted molar refractivity (Wildman–Crippen MR) is 146 cm³/mol. The van der Waals surface area contributed by atoms with Gasteiger partial charge in [0.15, 0.2) is 0 Å². The van der Waals surface area contributed by atoms with Crippen LogP contribution in [-0.4, -0.2) is 27.9 Å². The third-order valence-corrected chi connectivity index (χ3v) is 34.9. The molecule has 0 aromatic rings. The van der Waals surface area contributed by atoms with E-state index in [9.17, 15) is 0 Å². The molecule has 0 bridgehead atoms. The van der Waals surface area contributed by atoms with Crippen LogP contribution in [0.4, 0.5) is 0 Å². The minimum absolute atomic E-state index is 1.28. The van der Waals surface area contributed by atoms with Gasteiger partial charge in [0.2, 0.25) is 0 Å². The monoisotopic (exact) mass is 556 g/mol. The Morgan fingerprint density at radius 1 is 0.516 bits per heavy atom. The summed E-state index contributed by atoms with van der Waals surface area (Å²) in [6, 6.07) is 0. The van der Waals surface area contributed by atoms with E-state index in [4.69, 9.17) is 0 Å². The van der Waals surface area contributed by atoms with Crippen molar-refractivity contribution >= 4 is 30.1 Å². The standard InChI is InChI=1S/C11H23S.3C6H11.Sn/c1-3-4-5-6-7-8-9-10-11-12-2;3*1-2-4-6-5-3-1;/h2-11H2,1H3;3*1H,2-6H2;. The molecule has 0 unspecified atom stereocenters. The maximum absolute atomic E-state index is 2.51. The molecule has 0 atom stereocenters. The summed E-state index contributed by atoms with van der Waals surface area (Å²) in [7, 11) is 0. The molecule has 31 heavy (non-hydrogen) atoms. The van der Waals surface area contributed by atoms with Crippen molar-refractivity contribution in [3.63, 3.8) is 0 Å². The van der Waals surface area contributed by atoms with Crippen LogP contribution in [0.25, 0.3) is 0 Å². The van der Waals surface area contributed by atoms with Gasteiger partial charge in [0, 0.05) is 0 Å². The summed E-state index contributed by atoms with van der Waals surface area (Å²) < 4.78 is 5.58. The van der Waals surface area contributed by atoms with Crippen molar-refractivity contribution in [3.8, 4) is 0 Å².